The van der Waals surface area contributed by atoms with E-state index in [1.807, 2.05) is 0 Å². The van der Waals surface area contributed by atoms with E-state index >= 15 is 0 Å². The van der Waals surface area contributed by atoms with Crippen LogP contribution in [0.4, 0.5) is 0 Å². The Morgan fingerprint density at radius 1 is 0.294 bits per heavy atom. The molecule has 0 bridgehead atoms. The van der Waals surface area contributed by atoms with Crippen LogP contribution in [-0.4, -0.2) is 0 Å². The van der Waals surface area contributed by atoms with E-state index in [0.29, 0.717) is 21.7 Å². The van der Waals surface area contributed by atoms with Crippen LogP contribution < -0.4 is 0 Å². The zero-order valence-electron chi connectivity index (χ0n) is 14.6. The topological polar surface area (TPSA) is 0 Å². The average Bonchev–Trinajstić information content (AvgIpc) is 1.77. The van der Waals surface area contributed by atoms with Gasteiger partial charge in [-0.3, -0.25) is 0 Å². The summed E-state index contributed by atoms with van der Waals surface area (Å²) in [6.45, 7) is 27.2. The second-order valence-corrected chi connectivity index (χ2v) is 9.00. The van der Waals surface area contributed by atoms with Crippen LogP contribution in [0.2, 0.25) is 0 Å². The minimum absolute atomic E-state index is 0. The van der Waals surface area contributed by atoms with Crippen molar-refractivity contribution in [3.05, 3.63) is 0 Å². The summed E-state index contributed by atoms with van der Waals surface area (Å²) in [5, 5.41) is 0. The van der Waals surface area contributed by atoms with Crippen LogP contribution in [0.1, 0.15) is 83.1 Å². The summed E-state index contributed by atoms with van der Waals surface area (Å²) in [7, 11) is 0. The van der Waals surface area contributed by atoms with Crippen LogP contribution in [-0.2, 0) is 32.7 Å². The summed E-state index contributed by atoms with van der Waals surface area (Å²) in [5.41, 5.74) is 1.75. The van der Waals surface area contributed by atoms with E-state index < -0.39 is 0 Å². The molecule has 0 nitrogen and oxygen atoms in total. The zero-order valence-corrected chi connectivity index (χ0v) is 17.4. The second kappa shape index (κ2) is 7.04. The summed E-state index contributed by atoms with van der Waals surface area (Å²) in [5.74, 6) is 0. The van der Waals surface area contributed by atoms with Crippen LogP contribution in [0.25, 0.3) is 0 Å². The van der Waals surface area contributed by atoms with Crippen LogP contribution in [0, 0.1) is 21.7 Å². The van der Waals surface area contributed by atoms with Crippen molar-refractivity contribution in [1.29, 1.82) is 0 Å². The summed E-state index contributed by atoms with van der Waals surface area (Å²) in [4.78, 5) is 0. The minimum Gasteiger partial charge on any atom is -0.0597 e. The average molecular weight is 317 g/mol. The summed E-state index contributed by atoms with van der Waals surface area (Å²) in [6.07, 6.45) is 0. The molecule has 0 rings (SSSR count). The first kappa shape index (κ1) is 23.2. The number of rotatable bonds is 0. The largest absolute Gasteiger partial charge is 0.0597 e. The molecule has 0 saturated carbocycles. The van der Waals surface area contributed by atoms with Gasteiger partial charge in [-0.2, -0.15) is 0 Å². The molecule has 103 valence electrons. The molecule has 17 heavy (non-hydrogen) atoms. The van der Waals surface area contributed by atoms with Crippen molar-refractivity contribution in [2.75, 3.05) is 0 Å². The Labute approximate surface area is 137 Å². The van der Waals surface area contributed by atoms with Crippen LogP contribution in [0.5, 0.6) is 0 Å². The Bertz CT molecular complexity index is 140. The number of hydrogen-bond donors (Lipinski definition) is 0. The summed E-state index contributed by atoms with van der Waals surface area (Å²) < 4.78 is 0. The monoisotopic (exact) mass is 317 g/mol. The molecule has 0 amide bonds. The van der Waals surface area contributed by atoms with Crippen molar-refractivity contribution in [3.63, 3.8) is 0 Å². The van der Waals surface area contributed by atoms with Crippen molar-refractivity contribution >= 4 is 0 Å². The van der Waals surface area contributed by atoms with Crippen molar-refractivity contribution in [2.24, 2.45) is 21.7 Å². The van der Waals surface area contributed by atoms with Crippen molar-refractivity contribution < 1.29 is 32.7 Å². The van der Waals surface area contributed by atoms with Gasteiger partial charge in [-0.15, -0.1) is 0 Å². The van der Waals surface area contributed by atoms with Gasteiger partial charge < -0.3 is 0 Å². The molecule has 0 aromatic rings. The van der Waals surface area contributed by atoms with Gasteiger partial charge in [0.2, 0.25) is 0 Å². The first-order valence-corrected chi connectivity index (χ1v) is 6.50. The van der Waals surface area contributed by atoms with E-state index in [9.17, 15) is 0 Å². The molecule has 0 saturated heterocycles. The maximum Gasteiger partial charge on any atom is 0 e. The molecule has 1 radical (unpaired) electrons. The fourth-order valence-corrected chi connectivity index (χ4v) is 0. The van der Waals surface area contributed by atoms with E-state index in [1.165, 1.54) is 0 Å². The van der Waals surface area contributed by atoms with Gasteiger partial charge >= 0.3 is 0 Å². The first-order valence-electron chi connectivity index (χ1n) is 6.50. The second-order valence-electron chi connectivity index (χ2n) is 9.00. The van der Waals surface area contributed by atoms with Crippen molar-refractivity contribution in [2.45, 2.75) is 83.1 Å². The van der Waals surface area contributed by atoms with Gasteiger partial charge in [0.15, 0.2) is 0 Å². The Hall–Kier alpha value is 1.10. The predicted molar refractivity (Wildman–Crippen MR) is 77.8 cm³/mol. The molecule has 0 aliphatic carbocycles. The molecule has 0 N–H and O–H groups in total. The van der Waals surface area contributed by atoms with Gasteiger partial charge in [-0.25, -0.2) is 0 Å². The van der Waals surface area contributed by atoms with Gasteiger partial charge in [-0.05, 0) is 21.7 Å². The number of hydrogen-bond acceptors (Lipinski definition) is 0. The molecule has 0 spiro atoms. The van der Waals surface area contributed by atoms with E-state index in [-0.39, 0.29) is 32.7 Å². The van der Waals surface area contributed by atoms with E-state index in [2.05, 4.69) is 83.1 Å². The van der Waals surface area contributed by atoms with Crippen LogP contribution in [0.3, 0.4) is 0 Å². The normalized spacial score (nSPS) is 13.4. The maximum absolute atomic E-state index is 2.27. The molecule has 0 aromatic heterocycles. The fraction of sp³-hybridized carbons (Fsp3) is 1.00. The molecular weight excluding hydrogens is 281 g/mol. The quantitative estimate of drug-likeness (QED) is 0.502. The first-order chi connectivity index (χ1) is 6.50. The van der Waals surface area contributed by atoms with Crippen LogP contribution >= 0.6 is 0 Å². The molecule has 0 aliphatic heterocycles. The zero-order chi connectivity index (χ0) is 14.0. The van der Waals surface area contributed by atoms with Gasteiger partial charge in [-0.1, -0.05) is 83.1 Å². The molecule has 0 aromatic carbocycles. The molecule has 0 fully saturated rings. The van der Waals surface area contributed by atoms with Gasteiger partial charge in [0, 0.05) is 32.7 Å². The third kappa shape index (κ3) is 10.7. The SMILES string of the molecule is CC(C)(C)C(C)(C)C.CC(C)(C)C(C)(C)C.[Y]. The fourth-order valence-electron chi connectivity index (χ4n) is 0. The van der Waals surface area contributed by atoms with Gasteiger partial charge in [0.25, 0.3) is 0 Å². The Morgan fingerprint density at radius 2 is 0.353 bits per heavy atom. The maximum atomic E-state index is 2.27. The smallest absolute Gasteiger partial charge is 0 e. The minimum atomic E-state index is 0. The molecule has 0 heterocycles. The summed E-state index contributed by atoms with van der Waals surface area (Å²) in [6, 6.07) is 0. The van der Waals surface area contributed by atoms with E-state index in [0.717, 1.165) is 0 Å². The van der Waals surface area contributed by atoms with Gasteiger partial charge in [0.1, 0.15) is 0 Å². The third-order valence-corrected chi connectivity index (χ3v) is 4.50. The van der Waals surface area contributed by atoms with E-state index in [4.69, 9.17) is 0 Å². The third-order valence-electron chi connectivity index (χ3n) is 4.50. The Morgan fingerprint density at radius 3 is 0.353 bits per heavy atom. The van der Waals surface area contributed by atoms with Crippen molar-refractivity contribution in [1.82, 2.24) is 0 Å². The molecule has 0 atom stereocenters. The predicted octanol–water partition coefficient (Wildman–Crippen LogP) is 6.15. The molecular formula is C16H36Y. The summed E-state index contributed by atoms with van der Waals surface area (Å²) >= 11 is 0. The Kier molecular flexibility index (Phi) is 9.61. The Balaban J connectivity index is -0.000000218. The van der Waals surface area contributed by atoms with E-state index in [1.54, 1.807) is 0 Å². The van der Waals surface area contributed by atoms with Crippen LogP contribution in [0.15, 0.2) is 0 Å². The molecule has 1 heteroatoms. The van der Waals surface area contributed by atoms with Crippen molar-refractivity contribution in [3.8, 4) is 0 Å². The van der Waals surface area contributed by atoms with Gasteiger partial charge in [0.05, 0.1) is 0 Å². The standard InChI is InChI=1S/2C8H18.Y/c2*1-7(2,3)8(4,5)6;/h2*1-6H3;. The molecule has 0 unspecified atom stereocenters. The molecule has 0 aliphatic rings.